The molecular formula is C28H23ClN6O2S. The average molecular weight is 543 g/mol. The Kier molecular flexibility index (Phi) is 7.06. The van der Waals surface area contributed by atoms with Gasteiger partial charge in [-0.1, -0.05) is 41.9 Å². The number of aliphatic carboxylic acids is 1. The fraction of sp³-hybridized carbons (Fsp3) is 0.0714. The van der Waals surface area contributed by atoms with Gasteiger partial charge < -0.3 is 16.4 Å². The summed E-state index contributed by atoms with van der Waals surface area (Å²) in [6, 6.07) is 20.8. The van der Waals surface area contributed by atoms with Crippen molar-refractivity contribution in [2.45, 2.75) is 13.3 Å². The minimum atomic E-state index is -0.888. The monoisotopic (exact) mass is 542 g/mol. The highest BCUT2D eigenvalue weighted by Gasteiger charge is 2.20. The van der Waals surface area contributed by atoms with Crippen LogP contribution in [0.1, 0.15) is 16.7 Å². The summed E-state index contributed by atoms with van der Waals surface area (Å²) in [4.78, 5) is 21.2. The van der Waals surface area contributed by atoms with E-state index in [9.17, 15) is 9.90 Å². The summed E-state index contributed by atoms with van der Waals surface area (Å²) in [7, 11) is 0. The van der Waals surface area contributed by atoms with Crippen molar-refractivity contribution < 1.29 is 9.90 Å². The fourth-order valence-electron chi connectivity index (χ4n) is 4.40. The van der Waals surface area contributed by atoms with Crippen LogP contribution in [0.3, 0.4) is 0 Å². The molecule has 190 valence electrons. The van der Waals surface area contributed by atoms with Crippen molar-refractivity contribution in [2.24, 2.45) is 16.8 Å². The SMILES string of the molecule is Cc1cc2nc(-c3ccnc(-c4cccc(/C(=N/N)NN)c4)c3)sc2c(-c2ccc(Cl)cc2)c1CC(=O)O. The van der Waals surface area contributed by atoms with E-state index in [1.807, 2.05) is 73.7 Å². The number of aryl methyl sites for hydroxylation is 1. The van der Waals surface area contributed by atoms with E-state index in [0.717, 1.165) is 59.9 Å². The third kappa shape index (κ3) is 4.95. The Morgan fingerprint density at radius 2 is 1.87 bits per heavy atom. The van der Waals surface area contributed by atoms with Crippen molar-refractivity contribution in [1.29, 1.82) is 0 Å². The molecule has 0 saturated heterocycles. The molecule has 0 aliphatic carbocycles. The lowest BCUT2D eigenvalue weighted by Crippen LogP contribution is -2.32. The molecule has 8 nitrogen and oxygen atoms in total. The number of benzene rings is 3. The van der Waals surface area contributed by atoms with Gasteiger partial charge >= 0.3 is 5.97 Å². The second-order valence-electron chi connectivity index (χ2n) is 8.62. The number of aromatic nitrogens is 2. The van der Waals surface area contributed by atoms with Crippen molar-refractivity contribution in [3.05, 3.63) is 94.6 Å². The maximum absolute atomic E-state index is 11.7. The lowest BCUT2D eigenvalue weighted by Gasteiger charge is -2.13. The largest absolute Gasteiger partial charge is 0.481 e. The van der Waals surface area contributed by atoms with E-state index in [2.05, 4.69) is 15.5 Å². The average Bonchev–Trinajstić information content (AvgIpc) is 3.34. The first-order valence-corrected chi connectivity index (χ1v) is 12.8. The second kappa shape index (κ2) is 10.6. The van der Waals surface area contributed by atoms with E-state index < -0.39 is 5.97 Å². The van der Waals surface area contributed by atoms with Crippen LogP contribution in [0.5, 0.6) is 0 Å². The number of nitrogens with zero attached hydrogens (tertiary/aromatic N) is 3. The third-order valence-corrected chi connectivity index (χ3v) is 7.57. The van der Waals surface area contributed by atoms with E-state index >= 15 is 0 Å². The summed E-state index contributed by atoms with van der Waals surface area (Å²) in [5.74, 6) is 10.4. The van der Waals surface area contributed by atoms with Gasteiger partial charge in [0.1, 0.15) is 5.01 Å². The number of carbonyl (C=O) groups is 1. The number of carboxylic acids is 1. The predicted molar refractivity (Wildman–Crippen MR) is 153 cm³/mol. The molecule has 2 aromatic heterocycles. The van der Waals surface area contributed by atoms with Crippen LogP contribution in [0.15, 0.2) is 78.0 Å². The lowest BCUT2D eigenvalue weighted by atomic mass is 9.93. The molecule has 38 heavy (non-hydrogen) atoms. The van der Waals surface area contributed by atoms with E-state index in [0.29, 0.717) is 10.9 Å². The normalized spacial score (nSPS) is 11.6. The molecule has 2 heterocycles. The first-order chi connectivity index (χ1) is 18.4. The minimum Gasteiger partial charge on any atom is -0.481 e. The molecular weight excluding hydrogens is 520 g/mol. The minimum absolute atomic E-state index is 0.0888. The van der Waals surface area contributed by atoms with Crippen LogP contribution >= 0.6 is 22.9 Å². The van der Waals surface area contributed by atoms with Crippen LogP contribution in [0.4, 0.5) is 0 Å². The van der Waals surface area contributed by atoms with E-state index in [4.69, 9.17) is 28.3 Å². The Morgan fingerprint density at radius 3 is 2.58 bits per heavy atom. The topological polar surface area (TPSA) is 140 Å². The van der Waals surface area contributed by atoms with Crippen LogP contribution in [-0.4, -0.2) is 26.9 Å². The first kappa shape index (κ1) is 25.3. The van der Waals surface area contributed by atoms with Crippen LogP contribution in [-0.2, 0) is 11.2 Å². The van der Waals surface area contributed by atoms with Crippen LogP contribution < -0.4 is 17.1 Å². The summed E-state index contributed by atoms with van der Waals surface area (Å²) in [6.45, 7) is 1.92. The highest BCUT2D eigenvalue weighted by atomic mass is 35.5. The number of nitrogens with two attached hydrogens (primary N) is 2. The van der Waals surface area contributed by atoms with Crippen molar-refractivity contribution in [1.82, 2.24) is 15.4 Å². The van der Waals surface area contributed by atoms with Crippen LogP contribution in [0.25, 0.3) is 43.2 Å². The van der Waals surface area contributed by atoms with Gasteiger partial charge in [-0.3, -0.25) is 9.78 Å². The molecule has 10 heteroatoms. The molecule has 0 unspecified atom stereocenters. The molecule has 0 aliphatic heterocycles. The second-order valence-corrected chi connectivity index (χ2v) is 10.1. The Morgan fingerprint density at radius 1 is 1.08 bits per heavy atom. The summed E-state index contributed by atoms with van der Waals surface area (Å²) >= 11 is 7.65. The van der Waals surface area contributed by atoms with Crippen molar-refractivity contribution in [2.75, 3.05) is 0 Å². The number of thiazole rings is 1. The quantitative estimate of drug-likeness (QED) is 0.0979. The fourth-order valence-corrected chi connectivity index (χ4v) is 5.66. The summed E-state index contributed by atoms with van der Waals surface area (Å²) in [6.07, 6.45) is 1.65. The van der Waals surface area contributed by atoms with Crippen LogP contribution in [0, 0.1) is 6.92 Å². The molecule has 0 aliphatic rings. The number of nitrogens with one attached hydrogen (secondary N) is 1. The standard InChI is InChI=1S/C28H23ClN6O2S/c1-15-11-23-26(25(21(15)14-24(36)37)16-5-7-20(29)8-6-16)38-28(33-23)19-9-10-32-22(13-19)17-3-2-4-18(12-17)27(34-30)35-31/h2-13H,14,30-31H2,1H3,(H,34,35)(H,36,37). The number of amidine groups is 1. The molecule has 6 N–H and O–H groups in total. The molecule has 0 bridgehead atoms. The first-order valence-electron chi connectivity index (χ1n) is 11.6. The zero-order valence-corrected chi connectivity index (χ0v) is 21.8. The van der Waals surface area contributed by atoms with Gasteiger partial charge in [-0.05, 0) is 60.0 Å². The number of hydrogen-bond acceptors (Lipinski definition) is 7. The number of hydrazine groups is 1. The Balaban J connectivity index is 1.64. The summed E-state index contributed by atoms with van der Waals surface area (Å²) in [5, 5.41) is 14.7. The Hall–Kier alpha value is -4.31. The van der Waals surface area contributed by atoms with Crippen molar-refractivity contribution >= 4 is 45.0 Å². The van der Waals surface area contributed by atoms with E-state index in [-0.39, 0.29) is 6.42 Å². The zero-order valence-electron chi connectivity index (χ0n) is 20.3. The van der Waals surface area contributed by atoms with Gasteiger partial charge in [-0.2, -0.15) is 5.10 Å². The number of rotatable bonds is 6. The van der Waals surface area contributed by atoms with Crippen molar-refractivity contribution in [3.63, 3.8) is 0 Å². The molecule has 0 fully saturated rings. The Bertz CT molecular complexity index is 1700. The van der Waals surface area contributed by atoms with Crippen LogP contribution in [0.2, 0.25) is 5.02 Å². The Labute approximate surface area is 227 Å². The maximum atomic E-state index is 11.7. The number of fused-ring (bicyclic) bond motifs is 1. The van der Waals surface area contributed by atoms with Gasteiger partial charge in [0.25, 0.3) is 0 Å². The third-order valence-electron chi connectivity index (χ3n) is 6.18. The lowest BCUT2D eigenvalue weighted by molar-refractivity contribution is -0.136. The van der Waals surface area contributed by atoms with Gasteiger partial charge in [0.15, 0.2) is 5.84 Å². The number of pyridine rings is 1. The van der Waals surface area contributed by atoms with Gasteiger partial charge in [0.05, 0.1) is 22.3 Å². The highest BCUT2D eigenvalue weighted by Crippen LogP contribution is 2.41. The summed E-state index contributed by atoms with van der Waals surface area (Å²) in [5.41, 5.74) is 9.94. The number of hydrazone groups is 1. The number of hydrogen-bond donors (Lipinski definition) is 4. The molecule has 0 saturated carbocycles. The molecule has 5 aromatic rings. The van der Waals surface area contributed by atoms with E-state index in [1.54, 1.807) is 6.20 Å². The summed E-state index contributed by atoms with van der Waals surface area (Å²) < 4.78 is 0.919. The molecule has 5 rings (SSSR count). The van der Waals surface area contributed by atoms with Gasteiger partial charge in [0.2, 0.25) is 0 Å². The highest BCUT2D eigenvalue weighted by molar-refractivity contribution is 7.22. The molecule has 3 aromatic carbocycles. The smallest absolute Gasteiger partial charge is 0.307 e. The van der Waals surface area contributed by atoms with Gasteiger partial charge in [0, 0.05) is 33.5 Å². The van der Waals surface area contributed by atoms with Crippen molar-refractivity contribution in [3.8, 4) is 33.0 Å². The maximum Gasteiger partial charge on any atom is 0.307 e. The van der Waals surface area contributed by atoms with Gasteiger partial charge in [-0.15, -0.1) is 11.3 Å². The molecule has 0 spiro atoms. The molecule has 0 amide bonds. The zero-order chi connectivity index (χ0) is 26.8. The number of carboxylic acid groups (broad SMARTS) is 1. The molecule has 0 atom stereocenters. The molecule has 0 radical (unpaired) electrons. The number of halogens is 1. The van der Waals surface area contributed by atoms with E-state index in [1.165, 1.54) is 11.3 Å². The van der Waals surface area contributed by atoms with Gasteiger partial charge in [-0.25, -0.2) is 10.8 Å². The predicted octanol–water partition coefficient (Wildman–Crippen LogP) is 5.36.